The third-order valence-corrected chi connectivity index (χ3v) is 2.41. The van der Waals surface area contributed by atoms with Gasteiger partial charge in [-0.3, -0.25) is 4.99 Å². The van der Waals surface area contributed by atoms with E-state index in [9.17, 15) is 0 Å². The normalized spacial score (nSPS) is 13.7. The third-order valence-electron chi connectivity index (χ3n) is 2.41. The van der Waals surface area contributed by atoms with Crippen molar-refractivity contribution < 1.29 is 5.11 Å². The van der Waals surface area contributed by atoms with Gasteiger partial charge >= 0.3 is 0 Å². The van der Waals surface area contributed by atoms with Gasteiger partial charge in [-0.25, -0.2) is 0 Å². The zero-order valence-corrected chi connectivity index (χ0v) is 9.64. The molecule has 0 amide bonds. The predicted molar refractivity (Wildman–Crippen MR) is 64.5 cm³/mol. The Labute approximate surface area is 91.7 Å². The number of rotatable bonds is 4. The first-order valence-corrected chi connectivity index (χ1v) is 5.34. The van der Waals surface area contributed by atoms with E-state index >= 15 is 0 Å². The topological polar surface area (TPSA) is 32.6 Å². The van der Waals surface area contributed by atoms with Gasteiger partial charge in [-0.1, -0.05) is 43.7 Å². The average molecular weight is 205 g/mol. The molecule has 1 atom stereocenters. The first-order chi connectivity index (χ1) is 7.13. The molecule has 0 unspecified atom stereocenters. The van der Waals surface area contributed by atoms with E-state index in [-0.39, 0.29) is 12.6 Å². The van der Waals surface area contributed by atoms with Gasteiger partial charge in [0, 0.05) is 6.21 Å². The molecule has 0 radical (unpaired) electrons. The second kappa shape index (κ2) is 5.66. The highest BCUT2D eigenvalue weighted by molar-refractivity contribution is 5.79. The van der Waals surface area contributed by atoms with Gasteiger partial charge in [0.05, 0.1) is 12.6 Å². The van der Waals surface area contributed by atoms with E-state index in [0.717, 1.165) is 5.56 Å². The largest absolute Gasteiger partial charge is 0.394 e. The highest BCUT2D eigenvalue weighted by Gasteiger charge is 2.08. The number of hydrogen-bond acceptors (Lipinski definition) is 2. The number of aliphatic hydroxyl groups excluding tert-OH is 1. The summed E-state index contributed by atoms with van der Waals surface area (Å²) in [6, 6.07) is 8.18. The molecule has 0 aromatic heterocycles. The number of benzene rings is 1. The van der Waals surface area contributed by atoms with Crippen molar-refractivity contribution in [2.75, 3.05) is 6.61 Å². The molecule has 0 aliphatic rings. The van der Waals surface area contributed by atoms with E-state index in [1.165, 1.54) is 5.56 Å². The summed E-state index contributed by atoms with van der Waals surface area (Å²) in [4.78, 5) is 4.38. The Kier molecular flexibility index (Phi) is 4.50. The second-order valence-corrected chi connectivity index (χ2v) is 4.19. The lowest BCUT2D eigenvalue weighted by Gasteiger charge is -2.12. The molecule has 0 spiro atoms. The molecule has 2 heteroatoms. The van der Waals surface area contributed by atoms with Crippen molar-refractivity contribution in [1.82, 2.24) is 0 Å². The summed E-state index contributed by atoms with van der Waals surface area (Å²) < 4.78 is 0. The molecular formula is C13H19NO. The fraction of sp³-hybridized carbons (Fsp3) is 0.462. The maximum atomic E-state index is 9.12. The van der Waals surface area contributed by atoms with Crippen LogP contribution in [-0.2, 0) is 0 Å². The molecule has 0 fully saturated rings. The summed E-state index contributed by atoms with van der Waals surface area (Å²) in [5, 5.41) is 9.12. The zero-order chi connectivity index (χ0) is 11.3. The Balaban J connectivity index is 2.71. The monoisotopic (exact) mass is 205 g/mol. The van der Waals surface area contributed by atoms with Crippen LogP contribution < -0.4 is 0 Å². The molecule has 0 saturated carbocycles. The molecular weight excluding hydrogens is 186 g/mol. The van der Waals surface area contributed by atoms with Crippen molar-refractivity contribution in [2.45, 2.75) is 26.8 Å². The van der Waals surface area contributed by atoms with Crippen LogP contribution in [-0.4, -0.2) is 24.0 Å². The number of nitrogens with zero attached hydrogens (tertiary/aromatic N) is 1. The molecule has 82 valence electrons. The molecule has 2 nitrogen and oxygen atoms in total. The summed E-state index contributed by atoms with van der Waals surface area (Å²) in [5.41, 5.74) is 2.32. The predicted octanol–water partition coefficient (Wildman–Crippen LogP) is 2.43. The van der Waals surface area contributed by atoms with Crippen molar-refractivity contribution in [1.29, 1.82) is 0 Å². The van der Waals surface area contributed by atoms with Gasteiger partial charge in [0.15, 0.2) is 0 Å². The SMILES string of the molecule is Cc1cccc(C=N[C@H](CO)C(C)C)c1. The third kappa shape index (κ3) is 3.84. The van der Waals surface area contributed by atoms with E-state index in [4.69, 9.17) is 5.11 Å². The minimum Gasteiger partial charge on any atom is -0.394 e. The van der Waals surface area contributed by atoms with Gasteiger partial charge < -0.3 is 5.11 Å². The molecule has 1 aromatic rings. The highest BCUT2D eigenvalue weighted by atomic mass is 16.3. The fourth-order valence-corrected chi connectivity index (χ4v) is 1.36. The quantitative estimate of drug-likeness (QED) is 0.752. The summed E-state index contributed by atoms with van der Waals surface area (Å²) in [5.74, 6) is 0.371. The van der Waals surface area contributed by atoms with Gasteiger partial charge in [-0.2, -0.15) is 0 Å². The standard InChI is InChI=1S/C13H19NO/c1-10(2)13(9-15)14-8-12-6-4-5-11(3)7-12/h4-8,10,13,15H,9H2,1-3H3/t13-/m1/s1. The zero-order valence-electron chi connectivity index (χ0n) is 9.64. The maximum absolute atomic E-state index is 9.12. The molecule has 1 rings (SSSR count). The lowest BCUT2D eigenvalue weighted by molar-refractivity contribution is 0.240. The van der Waals surface area contributed by atoms with Crippen LogP contribution in [0, 0.1) is 12.8 Å². The van der Waals surface area contributed by atoms with Crippen LogP contribution in [0.5, 0.6) is 0 Å². The minimum absolute atomic E-state index is 0.00510. The lowest BCUT2D eigenvalue weighted by atomic mass is 10.1. The first kappa shape index (κ1) is 11.9. The smallest absolute Gasteiger partial charge is 0.0753 e. The number of hydrogen-bond donors (Lipinski definition) is 1. The van der Waals surface area contributed by atoms with Crippen molar-refractivity contribution in [3.05, 3.63) is 35.4 Å². The molecule has 1 aromatic carbocycles. The summed E-state index contributed by atoms with van der Waals surface area (Å²) >= 11 is 0. The minimum atomic E-state index is 0.00510. The van der Waals surface area contributed by atoms with Gasteiger partial charge in [-0.05, 0) is 18.4 Å². The van der Waals surface area contributed by atoms with Crippen molar-refractivity contribution in [3.63, 3.8) is 0 Å². The number of aliphatic hydroxyl groups is 1. The number of aryl methyl sites for hydroxylation is 1. The van der Waals surface area contributed by atoms with Crippen LogP contribution in [0.4, 0.5) is 0 Å². The summed E-state index contributed by atoms with van der Waals surface area (Å²) in [6.07, 6.45) is 1.84. The van der Waals surface area contributed by atoms with Gasteiger partial charge in [0.25, 0.3) is 0 Å². The van der Waals surface area contributed by atoms with Crippen molar-refractivity contribution in [2.24, 2.45) is 10.9 Å². The van der Waals surface area contributed by atoms with Gasteiger partial charge in [-0.15, -0.1) is 0 Å². The number of aliphatic imine (C=N–C) groups is 1. The Morgan fingerprint density at radius 2 is 2.13 bits per heavy atom. The van der Waals surface area contributed by atoms with Crippen LogP contribution in [0.2, 0.25) is 0 Å². The van der Waals surface area contributed by atoms with Crippen molar-refractivity contribution in [3.8, 4) is 0 Å². The first-order valence-electron chi connectivity index (χ1n) is 5.34. The average Bonchev–Trinajstić information content (AvgIpc) is 2.18. The lowest BCUT2D eigenvalue weighted by Crippen LogP contribution is -2.17. The molecule has 0 aliphatic carbocycles. The highest BCUT2D eigenvalue weighted by Crippen LogP contribution is 2.06. The van der Waals surface area contributed by atoms with Crippen molar-refractivity contribution >= 4 is 6.21 Å². The van der Waals surface area contributed by atoms with Crippen LogP contribution in [0.25, 0.3) is 0 Å². The molecule has 1 N–H and O–H groups in total. The molecule has 0 aliphatic heterocycles. The van der Waals surface area contributed by atoms with Crippen LogP contribution in [0.3, 0.4) is 0 Å². The van der Waals surface area contributed by atoms with Crippen LogP contribution >= 0.6 is 0 Å². The molecule has 0 heterocycles. The Morgan fingerprint density at radius 1 is 1.40 bits per heavy atom. The molecule has 0 saturated heterocycles. The molecule has 15 heavy (non-hydrogen) atoms. The van der Waals surface area contributed by atoms with Crippen LogP contribution in [0.15, 0.2) is 29.3 Å². The van der Waals surface area contributed by atoms with Gasteiger partial charge in [0.2, 0.25) is 0 Å². The summed E-state index contributed by atoms with van der Waals surface area (Å²) in [6.45, 7) is 6.30. The maximum Gasteiger partial charge on any atom is 0.0753 e. The van der Waals surface area contributed by atoms with Crippen LogP contribution in [0.1, 0.15) is 25.0 Å². The second-order valence-electron chi connectivity index (χ2n) is 4.19. The molecule has 0 bridgehead atoms. The van der Waals surface area contributed by atoms with E-state index in [1.54, 1.807) is 0 Å². The van der Waals surface area contributed by atoms with E-state index in [0.29, 0.717) is 5.92 Å². The Morgan fingerprint density at radius 3 is 2.67 bits per heavy atom. The Hall–Kier alpha value is -1.15. The fourth-order valence-electron chi connectivity index (χ4n) is 1.36. The van der Waals surface area contributed by atoms with E-state index < -0.39 is 0 Å². The van der Waals surface area contributed by atoms with E-state index in [2.05, 4.69) is 37.9 Å². The Bertz CT molecular complexity index is 331. The van der Waals surface area contributed by atoms with E-state index in [1.807, 2.05) is 18.3 Å². The summed E-state index contributed by atoms with van der Waals surface area (Å²) in [7, 11) is 0. The van der Waals surface area contributed by atoms with Gasteiger partial charge in [0.1, 0.15) is 0 Å².